The second kappa shape index (κ2) is 7.95. The van der Waals surface area contributed by atoms with Crippen molar-refractivity contribution in [3.63, 3.8) is 0 Å². The molecular weight excluding hydrogens is 412 g/mol. The number of ether oxygens (including phenoxy) is 1. The zero-order valence-corrected chi connectivity index (χ0v) is 18.0. The van der Waals surface area contributed by atoms with Gasteiger partial charge in [-0.25, -0.2) is 9.97 Å². The normalized spacial score (nSPS) is 11.3. The monoisotopic (exact) mass is 432 g/mol. The summed E-state index contributed by atoms with van der Waals surface area (Å²) in [5.74, 6) is 1.97. The van der Waals surface area contributed by atoms with Gasteiger partial charge in [0.05, 0.1) is 6.61 Å². The molecule has 0 aliphatic rings. The summed E-state index contributed by atoms with van der Waals surface area (Å²) in [6, 6.07) is 29.7. The maximum Gasteiger partial charge on any atom is 0.227 e. The number of benzene rings is 4. The third kappa shape index (κ3) is 3.53. The molecule has 0 aliphatic carbocycles. The van der Waals surface area contributed by atoms with E-state index in [1.807, 2.05) is 85.8 Å². The van der Waals surface area contributed by atoms with E-state index in [9.17, 15) is 0 Å². The molecule has 0 unspecified atom stereocenters. The van der Waals surface area contributed by atoms with Gasteiger partial charge in [0.2, 0.25) is 11.8 Å². The van der Waals surface area contributed by atoms with Crippen molar-refractivity contribution in [1.29, 1.82) is 0 Å². The number of fused-ring (bicyclic) bond motifs is 2. The summed E-state index contributed by atoms with van der Waals surface area (Å²) in [4.78, 5) is 9.20. The van der Waals surface area contributed by atoms with E-state index in [0.29, 0.717) is 18.4 Å². The van der Waals surface area contributed by atoms with Crippen molar-refractivity contribution >= 4 is 22.2 Å². The molecule has 2 aromatic heterocycles. The largest absolute Gasteiger partial charge is 0.493 e. The van der Waals surface area contributed by atoms with Crippen molar-refractivity contribution in [2.45, 2.75) is 6.92 Å². The lowest BCUT2D eigenvalue weighted by molar-refractivity contribution is 0.341. The highest BCUT2D eigenvalue weighted by Crippen LogP contribution is 2.36. The summed E-state index contributed by atoms with van der Waals surface area (Å²) < 4.78 is 17.8. The Morgan fingerprint density at radius 3 is 1.79 bits per heavy atom. The predicted molar refractivity (Wildman–Crippen MR) is 129 cm³/mol. The van der Waals surface area contributed by atoms with Crippen molar-refractivity contribution in [2.24, 2.45) is 0 Å². The van der Waals surface area contributed by atoms with E-state index in [1.165, 1.54) is 0 Å². The van der Waals surface area contributed by atoms with E-state index in [-0.39, 0.29) is 0 Å². The molecule has 5 nitrogen and oxygen atoms in total. The smallest absolute Gasteiger partial charge is 0.227 e. The molecule has 160 valence electrons. The molecule has 0 radical (unpaired) electrons. The highest BCUT2D eigenvalue weighted by atomic mass is 16.5. The quantitative estimate of drug-likeness (QED) is 0.285. The van der Waals surface area contributed by atoms with E-state index in [0.717, 1.165) is 50.2 Å². The van der Waals surface area contributed by atoms with Gasteiger partial charge in [-0.2, -0.15) is 0 Å². The van der Waals surface area contributed by atoms with Crippen LogP contribution in [0, 0.1) is 0 Å². The molecule has 0 saturated carbocycles. The van der Waals surface area contributed by atoms with Gasteiger partial charge in [0.25, 0.3) is 0 Å². The molecule has 0 aliphatic heterocycles. The van der Waals surface area contributed by atoms with E-state index in [4.69, 9.17) is 13.6 Å². The fourth-order valence-electron chi connectivity index (χ4n) is 3.95. The number of oxazole rings is 2. The maximum absolute atomic E-state index is 5.98. The highest BCUT2D eigenvalue weighted by Gasteiger charge is 2.14. The highest BCUT2D eigenvalue weighted by molar-refractivity contribution is 5.80. The fraction of sp³-hybridized carbons (Fsp3) is 0.0714. The summed E-state index contributed by atoms with van der Waals surface area (Å²) in [5.41, 5.74) is 7.09. The van der Waals surface area contributed by atoms with E-state index in [2.05, 4.69) is 22.1 Å². The van der Waals surface area contributed by atoms with Crippen LogP contribution >= 0.6 is 0 Å². The lowest BCUT2D eigenvalue weighted by Crippen LogP contribution is -1.95. The molecule has 0 bridgehead atoms. The molecule has 0 amide bonds. The Hall–Kier alpha value is -4.38. The lowest BCUT2D eigenvalue weighted by atomic mass is 10.0. The topological polar surface area (TPSA) is 61.3 Å². The predicted octanol–water partition coefficient (Wildman–Crippen LogP) is 7.37. The Bertz CT molecular complexity index is 1510. The lowest BCUT2D eigenvalue weighted by Gasteiger charge is -2.12. The molecule has 6 aromatic rings. The molecule has 0 saturated heterocycles. The molecule has 0 fully saturated rings. The van der Waals surface area contributed by atoms with Gasteiger partial charge in [-0.3, -0.25) is 0 Å². The van der Waals surface area contributed by atoms with Crippen LogP contribution in [0.15, 0.2) is 99.8 Å². The van der Waals surface area contributed by atoms with Gasteiger partial charge in [0.15, 0.2) is 11.2 Å². The average molecular weight is 432 g/mol. The SMILES string of the molecule is CCOc1cc(-c2nc3ccccc3o2)ccc1-c1ccc(-c2nc3ccccc3o2)cc1. The molecule has 0 N–H and O–H groups in total. The van der Waals surface area contributed by atoms with Crippen LogP contribution in [0.5, 0.6) is 5.75 Å². The summed E-state index contributed by atoms with van der Waals surface area (Å²) >= 11 is 0. The molecule has 2 heterocycles. The van der Waals surface area contributed by atoms with Crippen molar-refractivity contribution in [2.75, 3.05) is 6.61 Å². The van der Waals surface area contributed by atoms with Gasteiger partial charge in [0, 0.05) is 16.7 Å². The molecule has 6 rings (SSSR count). The van der Waals surface area contributed by atoms with Crippen molar-refractivity contribution in [3.8, 4) is 39.8 Å². The fourth-order valence-corrected chi connectivity index (χ4v) is 3.95. The molecule has 5 heteroatoms. The maximum atomic E-state index is 5.98. The molecule has 33 heavy (non-hydrogen) atoms. The van der Waals surface area contributed by atoms with Gasteiger partial charge in [0.1, 0.15) is 16.8 Å². The first-order valence-electron chi connectivity index (χ1n) is 10.9. The summed E-state index contributed by atoms with van der Waals surface area (Å²) in [6.45, 7) is 2.54. The number of nitrogens with zero attached hydrogens (tertiary/aromatic N) is 2. The zero-order valence-electron chi connectivity index (χ0n) is 18.0. The van der Waals surface area contributed by atoms with Gasteiger partial charge < -0.3 is 13.6 Å². The van der Waals surface area contributed by atoms with Crippen LogP contribution in [0.3, 0.4) is 0 Å². The number of rotatable bonds is 5. The Balaban J connectivity index is 1.36. The van der Waals surface area contributed by atoms with Crippen LogP contribution in [-0.2, 0) is 0 Å². The van der Waals surface area contributed by atoms with Gasteiger partial charge in [-0.1, -0.05) is 36.4 Å². The van der Waals surface area contributed by atoms with Crippen molar-refractivity contribution in [1.82, 2.24) is 9.97 Å². The van der Waals surface area contributed by atoms with Crippen LogP contribution in [0.1, 0.15) is 6.92 Å². The van der Waals surface area contributed by atoms with E-state index in [1.54, 1.807) is 0 Å². The number of hydrogen-bond acceptors (Lipinski definition) is 5. The van der Waals surface area contributed by atoms with Crippen LogP contribution in [-0.4, -0.2) is 16.6 Å². The summed E-state index contributed by atoms with van der Waals surface area (Å²) in [5, 5.41) is 0. The molecule has 0 atom stereocenters. The molecule has 0 spiro atoms. The Labute approximate surface area is 190 Å². The van der Waals surface area contributed by atoms with Gasteiger partial charge in [-0.05, 0) is 67.1 Å². The van der Waals surface area contributed by atoms with E-state index < -0.39 is 0 Å². The minimum atomic E-state index is 0.561. The Morgan fingerprint density at radius 2 is 1.18 bits per heavy atom. The third-order valence-corrected chi connectivity index (χ3v) is 5.56. The molecule has 4 aromatic carbocycles. The second-order valence-corrected chi connectivity index (χ2v) is 7.69. The average Bonchev–Trinajstić information content (AvgIpc) is 3.49. The van der Waals surface area contributed by atoms with Crippen molar-refractivity contribution in [3.05, 3.63) is 91.0 Å². The van der Waals surface area contributed by atoms with Gasteiger partial charge >= 0.3 is 0 Å². The third-order valence-electron chi connectivity index (χ3n) is 5.56. The Morgan fingerprint density at radius 1 is 0.636 bits per heavy atom. The van der Waals surface area contributed by atoms with Crippen LogP contribution < -0.4 is 4.74 Å². The molecular formula is C28H20N2O3. The number of para-hydroxylation sites is 4. The second-order valence-electron chi connectivity index (χ2n) is 7.69. The van der Waals surface area contributed by atoms with Crippen LogP contribution in [0.4, 0.5) is 0 Å². The number of hydrogen-bond donors (Lipinski definition) is 0. The van der Waals surface area contributed by atoms with E-state index >= 15 is 0 Å². The first kappa shape index (κ1) is 19.3. The first-order valence-corrected chi connectivity index (χ1v) is 10.9. The van der Waals surface area contributed by atoms with Crippen LogP contribution in [0.25, 0.3) is 56.2 Å². The standard InChI is InChI=1S/C28H20N2O3/c1-2-31-26-17-20(28-30-23-8-4-6-10-25(23)33-28)15-16-21(26)18-11-13-19(14-12-18)27-29-22-7-3-5-9-24(22)32-27/h3-17H,2H2,1H3. The van der Waals surface area contributed by atoms with Gasteiger partial charge in [-0.15, -0.1) is 0 Å². The number of aromatic nitrogens is 2. The minimum absolute atomic E-state index is 0.561. The van der Waals surface area contributed by atoms with Crippen molar-refractivity contribution < 1.29 is 13.6 Å². The first-order chi connectivity index (χ1) is 16.3. The minimum Gasteiger partial charge on any atom is -0.493 e. The summed E-state index contributed by atoms with van der Waals surface area (Å²) in [6.07, 6.45) is 0. The summed E-state index contributed by atoms with van der Waals surface area (Å²) in [7, 11) is 0. The zero-order chi connectivity index (χ0) is 22.2. The van der Waals surface area contributed by atoms with Crippen LogP contribution in [0.2, 0.25) is 0 Å². The Kier molecular flexibility index (Phi) is 4.65.